The minimum atomic E-state index is -0.158. The second-order valence-corrected chi connectivity index (χ2v) is 9.30. The Morgan fingerprint density at radius 1 is 0.943 bits per heavy atom. The Hall–Kier alpha value is -3.78. The topological polar surface area (TPSA) is 85.2 Å². The van der Waals surface area contributed by atoms with E-state index in [2.05, 4.69) is 27.8 Å². The second-order valence-electron chi connectivity index (χ2n) is 8.36. The van der Waals surface area contributed by atoms with E-state index in [4.69, 9.17) is 4.74 Å². The number of benzene rings is 3. The predicted molar refractivity (Wildman–Crippen MR) is 141 cm³/mol. The number of nitrogens with zero attached hydrogens (tertiary/aromatic N) is 2. The fraction of sp³-hybridized carbons (Fsp3) is 0.222. The number of methoxy groups -OCH3 is 1. The molecule has 35 heavy (non-hydrogen) atoms. The molecule has 0 saturated heterocycles. The highest BCUT2D eigenvalue weighted by atomic mass is 32.2. The van der Waals surface area contributed by atoms with E-state index < -0.39 is 0 Å². The lowest BCUT2D eigenvalue weighted by Crippen LogP contribution is -2.21. The summed E-state index contributed by atoms with van der Waals surface area (Å²) in [4.78, 5) is 30.3. The van der Waals surface area contributed by atoms with Crippen LogP contribution in [-0.2, 0) is 16.1 Å². The van der Waals surface area contributed by atoms with Gasteiger partial charge in [-0.1, -0.05) is 41.6 Å². The lowest BCUT2D eigenvalue weighted by Gasteiger charge is -2.14. The van der Waals surface area contributed by atoms with Crippen molar-refractivity contribution < 1.29 is 14.3 Å². The molecule has 0 aliphatic carbocycles. The molecule has 2 amide bonds. The highest BCUT2D eigenvalue weighted by molar-refractivity contribution is 7.99. The molecule has 1 aromatic heterocycles. The molecule has 0 bridgehead atoms. The van der Waals surface area contributed by atoms with Crippen LogP contribution in [0, 0.1) is 20.8 Å². The molecule has 3 aromatic carbocycles. The summed E-state index contributed by atoms with van der Waals surface area (Å²) in [6.45, 7) is 6.11. The zero-order valence-corrected chi connectivity index (χ0v) is 21.0. The van der Waals surface area contributed by atoms with E-state index in [1.165, 1.54) is 11.8 Å². The first kappa shape index (κ1) is 24.3. The van der Waals surface area contributed by atoms with E-state index in [1.54, 1.807) is 31.4 Å². The number of nitrogens with one attached hydrogen (secondary N) is 2. The van der Waals surface area contributed by atoms with Gasteiger partial charge in [0.1, 0.15) is 12.3 Å². The Kier molecular flexibility index (Phi) is 7.41. The van der Waals surface area contributed by atoms with Crippen molar-refractivity contribution in [3.8, 4) is 5.75 Å². The summed E-state index contributed by atoms with van der Waals surface area (Å²) in [6.07, 6.45) is 0. The zero-order valence-electron chi connectivity index (χ0n) is 20.2. The van der Waals surface area contributed by atoms with Crippen molar-refractivity contribution in [2.75, 3.05) is 23.5 Å². The van der Waals surface area contributed by atoms with Crippen molar-refractivity contribution in [3.63, 3.8) is 0 Å². The van der Waals surface area contributed by atoms with Crippen LogP contribution in [0.4, 0.5) is 11.4 Å². The summed E-state index contributed by atoms with van der Waals surface area (Å²) >= 11 is 1.30. The number of amides is 2. The van der Waals surface area contributed by atoms with E-state index in [0.717, 1.165) is 39.2 Å². The van der Waals surface area contributed by atoms with Crippen molar-refractivity contribution >= 4 is 46.0 Å². The first-order chi connectivity index (χ1) is 16.8. The number of fused-ring (bicyclic) bond motifs is 1. The van der Waals surface area contributed by atoms with E-state index in [1.807, 2.05) is 49.6 Å². The van der Waals surface area contributed by atoms with E-state index in [0.29, 0.717) is 10.8 Å². The zero-order chi connectivity index (χ0) is 24.9. The number of aromatic nitrogens is 2. The van der Waals surface area contributed by atoms with Crippen molar-refractivity contribution in [3.05, 3.63) is 77.4 Å². The van der Waals surface area contributed by atoms with Crippen LogP contribution in [0.3, 0.4) is 0 Å². The molecule has 0 unspecified atom stereocenters. The van der Waals surface area contributed by atoms with Crippen LogP contribution >= 0.6 is 11.8 Å². The van der Waals surface area contributed by atoms with Crippen molar-refractivity contribution in [2.45, 2.75) is 32.5 Å². The van der Waals surface area contributed by atoms with Gasteiger partial charge in [-0.25, -0.2) is 4.98 Å². The third-order valence-corrected chi connectivity index (χ3v) is 6.55. The number of thioether (sulfide) groups is 1. The van der Waals surface area contributed by atoms with Crippen molar-refractivity contribution in [2.24, 2.45) is 0 Å². The first-order valence-electron chi connectivity index (χ1n) is 11.2. The number of para-hydroxylation sites is 2. The number of anilines is 2. The molecule has 0 aliphatic rings. The number of rotatable bonds is 8. The van der Waals surface area contributed by atoms with Gasteiger partial charge in [-0.05, 0) is 68.3 Å². The third kappa shape index (κ3) is 5.84. The summed E-state index contributed by atoms with van der Waals surface area (Å²) in [5.74, 6) is 0.579. The maximum Gasteiger partial charge on any atom is 0.244 e. The smallest absolute Gasteiger partial charge is 0.244 e. The van der Waals surface area contributed by atoms with Crippen LogP contribution in [-0.4, -0.2) is 34.2 Å². The molecule has 4 rings (SSSR count). The molecule has 0 radical (unpaired) electrons. The summed E-state index contributed by atoms with van der Waals surface area (Å²) < 4.78 is 7.00. The molecule has 4 aromatic rings. The molecule has 0 saturated carbocycles. The molecule has 1 heterocycles. The average molecular weight is 489 g/mol. The minimum Gasteiger partial charge on any atom is -0.497 e. The molecule has 0 fully saturated rings. The van der Waals surface area contributed by atoms with Gasteiger partial charge in [-0.2, -0.15) is 0 Å². The van der Waals surface area contributed by atoms with Crippen LogP contribution in [0.1, 0.15) is 16.7 Å². The molecular weight excluding hydrogens is 460 g/mol. The number of hydrogen-bond donors (Lipinski definition) is 2. The molecule has 180 valence electrons. The van der Waals surface area contributed by atoms with Crippen molar-refractivity contribution in [1.29, 1.82) is 0 Å². The van der Waals surface area contributed by atoms with Gasteiger partial charge >= 0.3 is 0 Å². The predicted octanol–water partition coefficient (Wildman–Crippen LogP) is 5.34. The quantitative estimate of drug-likeness (QED) is 0.327. The highest BCUT2D eigenvalue weighted by Crippen LogP contribution is 2.26. The standard InChI is InChI=1S/C27H28N4O3S/c1-17-13-18(2)26(19(3)14-17)30-24(32)15-31-23-8-6-5-7-22(23)29-27(31)35-16-25(33)28-20-9-11-21(34-4)12-10-20/h5-14H,15-16H2,1-4H3,(H,28,33)(H,30,32). The normalized spacial score (nSPS) is 10.9. The van der Waals surface area contributed by atoms with E-state index in [9.17, 15) is 9.59 Å². The number of hydrogen-bond acceptors (Lipinski definition) is 5. The SMILES string of the molecule is COc1ccc(NC(=O)CSc2nc3ccccc3n2CC(=O)Nc2c(C)cc(C)cc2C)cc1. The van der Waals surface area contributed by atoms with Crippen molar-refractivity contribution in [1.82, 2.24) is 9.55 Å². The fourth-order valence-electron chi connectivity index (χ4n) is 4.02. The van der Waals surface area contributed by atoms with E-state index in [-0.39, 0.29) is 24.1 Å². The molecule has 0 aliphatic heterocycles. The lowest BCUT2D eigenvalue weighted by atomic mass is 10.1. The summed E-state index contributed by atoms with van der Waals surface area (Å²) in [5, 5.41) is 6.55. The largest absolute Gasteiger partial charge is 0.497 e. The van der Waals surface area contributed by atoms with Crippen LogP contribution in [0.5, 0.6) is 5.75 Å². The number of imidazole rings is 1. The van der Waals surface area contributed by atoms with Crippen LogP contribution in [0.25, 0.3) is 11.0 Å². The van der Waals surface area contributed by atoms with Gasteiger partial charge in [0.2, 0.25) is 11.8 Å². The number of carbonyl (C=O) groups excluding carboxylic acids is 2. The van der Waals surface area contributed by atoms with Gasteiger partial charge in [-0.15, -0.1) is 0 Å². The van der Waals surface area contributed by atoms with Gasteiger partial charge in [0.25, 0.3) is 0 Å². The minimum absolute atomic E-state index is 0.0930. The molecule has 8 heteroatoms. The maximum absolute atomic E-state index is 13.0. The summed E-state index contributed by atoms with van der Waals surface area (Å²) in [5.41, 5.74) is 6.35. The van der Waals surface area contributed by atoms with E-state index >= 15 is 0 Å². The van der Waals surface area contributed by atoms with Gasteiger partial charge in [-0.3, -0.25) is 9.59 Å². The highest BCUT2D eigenvalue weighted by Gasteiger charge is 2.17. The number of aryl methyl sites for hydroxylation is 3. The summed E-state index contributed by atoms with van der Waals surface area (Å²) in [7, 11) is 1.60. The average Bonchev–Trinajstić information content (AvgIpc) is 3.18. The van der Waals surface area contributed by atoms with Crippen LogP contribution in [0.15, 0.2) is 65.8 Å². The second kappa shape index (κ2) is 10.7. The Morgan fingerprint density at radius 3 is 2.31 bits per heavy atom. The molecular formula is C27H28N4O3S. The van der Waals surface area contributed by atoms with Gasteiger partial charge in [0.15, 0.2) is 5.16 Å². The number of ether oxygens (including phenoxy) is 1. The molecule has 0 spiro atoms. The van der Waals surface area contributed by atoms with Gasteiger partial charge < -0.3 is 19.9 Å². The van der Waals surface area contributed by atoms with Crippen LogP contribution in [0.2, 0.25) is 0 Å². The Bertz CT molecular complexity index is 1360. The summed E-state index contributed by atoms with van der Waals surface area (Å²) in [6, 6.07) is 18.9. The molecule has 7 nitrogen and oxygen atoms in total. The third-order valence-electron chi connectivity index (χ3n) is 5.57. The Morgan fingerprint density at radius 2 is 1.63 bits per heavy atom. The van der Waals surface area contributed by atoms with Gasteiger partial charge in [0, 0.05) is 11.4 Å². The number of carbonyl (C=O) groups is 2. The lowest BCUT2D eigenvalue weighted by molar-refractivity contribution is -0.117. The monoisotopic (exact) mass is 488 g/mol. The molecule has 2 N–H and O–H groups in total. The fourth-order valence-corrected chi connectivity index (χ4v) is 4.83. The first-order valence-corrected chi connectivity index (χ1v) is 12.2. The van der Waals surface area contributed by atoms with Crippen LogP contribution < -0.4 is 15.4 Å². The Balaban J connectivity index is 1.49. The Labute approximate surface area is 208 Å². The maximum atomic E-state index is 13.0. The molecule has 0 atom stereocenters. The van der Waals surface area contributed by atoms with Gasteiger partial charge in [0.05, 0.1) is 23.9 Å².